The van der Waals surface area contributed by atoms with Crippen molar-refractivity contribution in [2.45, 2.75) is 13.8 Å². The van der Waals surface area contributed by atoms with E-state index in [2.05, 4.69) is 15.3 Å². The summed E-state index contributed by atoms with van der Waals surface area (Å²) in [6, 6.07) is 9.52. The number of hydrogen-bond acceptors (Lipinski definition) is 3. The van der Waals surface area contributed by atoms with E-state index in [-0.39, 0.29) is 10.6 Å². The highest BCUT2D eigenvalue weighted by Crippen LogP contribution is 2.22. The van der Waals surface area contributed by atoms with Crippen LogP contribution in [0.25, 0.3) is 11.0 Å². The van der Waals surface area contributed by atoms with Crippen LogP contribution in [0.5, 0.6) is 0 Å². The first-order valence-electron chi connectivity index (χ1n) is 6.96. The van der Waals surface area contributed by atoms with Crippen molar-refractivity contribution in [1.29, 1.82) is 0 Å². The van der Waals surface area contributed by atoms with Crippen LogP contribution < -0.4 is 5.32 Å². The minimum absolute atomic E-state index is 0.0492. The Labute approximate surface area is 137 Å². The molecular formula is C17H13ClFN3O. The van der Waals surface area contributed by atoms with Gasteiger partial charge in [-0.05, 0) is 49.7 Å². The Balaban J connectivity index is 1.97. The fourth-order valence-corrected chi connectivity index (χ4v) is 2.64. The van der Waals surface area contributed by atoms with E-state index in [1.807, 2.05) is 26.0 Å². The summed E-state index contributed by atoms with van der Waals surface area (Å²) in [5.41, 5.74) is 2.21. The third-order valence-corrected chi connectivity index (χ3v) is 3.75. The quantitative estimate of drug-likeness (QED) is 0.763. The number of amides is 1. The monoisotopic (exact) mass is 329 g/mol. The smallest absolute Gasteiger partial charge is 0.261 e. The summed E-state index contributed by atoms with van der Waals surface area (Å²) in [5, 5.41) is 3.51. The lowest BCUT2D eigenvalue weighted by molar-refractivity contribution is 0.102. The molecule has 0 aliphatic rings. The van der Waals surface area contributed by atoms with Crippen LogP contribution in [0.3, 0.4) is 0 Å². The molecular weight excluding hydrogens is 317 g/mol. The zero-order valence-corrected chi connectivity index (χ0v) is 13.3. The van der Waals surface area contributed by atoms with Crippen LogP contribution in [0.4, 0.5) is 10.2 Å². The van der Waals surface area contributed by atoms with Crippen LogP contribution in [-0.4, -0.2) is 15.9 Å². The van der Waals surface area contributed by atoms with Gasteiger partial charge >= 0.3 is 0 Å². The van der Waals surface area contributed by atoms with Gasteiger partial charge in [-0.15, -0.1) is 0 Å². The lowest BCUT2D eigenvalue weighted by atomic mass is 10.1. The number of aromatic nitrogens is 2. The van der Waals surface area contributed by atoms with Gasteiger partial charge in [0, 0.05) is 11.1 Å². The molecule has 2 aromatic heterocycles. The zero-order valence-electron chi connectivity index (χ0n) is 12.5. The molecule has 116 valence electrons. The maximum absolute atomic E-state index is 13.8. The van der Waals surface area contributed by atoms with E-state index in [0.717, 1.165) is 16.6 Å². The largest absolute Gasteiger partial charge is 0.306 e. The van der Waals surface area contributed by atoms with Crippen LogP contribution in [0.15, 0.2) is 36.4 Å². The summed E-state index contributed by atoms with van der Waals surface area (Å²) in [5.74, 6) is -1.04. The van der Waals surface area contributed by atoms with Crippen LogP contribution in [0.1, 0.15) is 21.6 Å². The van der Waals surface area contributed by atoms with Gasteiger partial charge in [-0.25, -0.2) is 14.4 Å². The Morgan fingerprint density at radius 2 is 1.96 bits per heavy atom. The highest BCUT2D eigenvalue weighted by atomic mass is 35.5. The minimum Gasteiger partial charge on any atom is -0.306 e. The molecule has 4 nitrogen and oxygen atoms in total. The molecule has 0 aliphatic carbocycles. The maximum atomic E-state index is 13.8. The minimum atomic E-state index is -0.680. The number of aryl methyl sites for hydroxylation is 2. The topological polar surface area (TPSA) is 54.9 Å². The van der Waals surface area contributed by atoms with E-state index in [1.165, 1.54) is 18.2 Å². The van der Waals surface area contributed by atoms with E-state index in [9.17, 15) is 9.18 Å². The highest BCUT2D eigenvalue weighted by molar-refractivity contribution is 6.34. The molecule has 0 radical (unpaired) electrons. The molecule has 6 heteroatoms. The highest BCUT2D eigenvalue weighted by Gasteiger charge is 2.16. The second kappa shape index (κ2) is 5.93. The third-order valence-electron chi connectivity index (χ3n) is 3.44. The second-order valence-corrected chi connectivity index (χ2v) is 5.61. The van der Waals surface area contributed by atoms with Crippen molar-refractivity contribution in [1.82, 2.24) is 9.97 Å². The predicted octanol–water partition coefficient (Wildman–Crippen LogP) is 4.29. The van der Waals surface area contributed by atoms with Crippen LogP contribution in [0, 0.1) is 19.7 Å². The first-order chi connectivity index (χ1) is 11.0. The number of nitrogens with one attached hydrogen (secondary N) is 1. The first kappa shape index (κ1) is 15.4. The Morgan fingerprint density at radius 3 is 2.70 bits per heavy atom. The Hall–Kier alpha value is -2.53. The van der Waals surface area contributed by atoms with Crippen molar-refractivity contribution < 1.29 is 9.18 Å². The molecule has 0 bridgehead atoms. The number of halogens is 2. The fourth-order valence-electron chi connectivity index (χ4n) is 2.39. The van der Waals surface area contributed by atoms with Gasteiger partial charge in [0.25, 0.3) is 5.91 Å². The number of anilines is 1. The standard InChI is InChI=1S/C17H13ClFN3O/c1-9-8-10(2)20-16-11(9)6-7-14(21-16)22-17(23)15-12(18)4-3-5-13(15)19/h3-8H,1-2H3,(H,20,21,22,23). The van der Waals surface area contributed by atoms with Gasteiger partial charge < -0.3 is 5.32 Å². The van der Waals surface area contributed by atoms with Crippen molar-refractivity contribution in [2.75, 3.05) is 5.32 Å². The summed E-state index contributed by atoms with van der Waals surface area (Å²) in [6.07, 6.45) is 0. The Bertz CT molecular complexity index is 907. The summed E-state index contributed by atoms with van der Waals surface area (Å²) in [6.45, 7) is 3.84. The van der Waals surface area contributed by atoms with E-state index >= 15 is 0 Å². The predicted molar refractivity (Wildman–Crippen MR) is 88.4 cm³/mol. The van der Waals surface area contributed by atoms with Gasteiger partial charge in [-0.1, -0.05) is 17.7 Å². The molecule has 0 saturated heterocycles. The number of nitrogens with zero attached hydrogens (tertiary/aromatic N) is 2. The Morgan fingerprint density at radius 1 is 1.17 bits per heavy atom. The first-order valence-corrected chi connectivity index (χ1v) is 7.34. The molecule has 23 heavy (non-hydrogen) atoms. The molecule has 0 spiro atoms. The van der Waals surface area contributed by atoms with Gasteiger partial charge in [0.1, 0.15) is 11.6 Å². The average Bonchev–Trinajstić information content (AvgIpc) is 2.46. The molecule has 1 N–H and O–H groups in total. The van der Waals surface area contributed by atoms with Gasteiger partial charge in [0.15, 0.2) is 5.65 Å². The maximum Gasteiger partial charge on any atom is 0.261 e. The van der Waals surface area contributed by atoms with Gasteiger partial charge in [0.2, 0.25) is 0 Å². The average molecular weight is 330 g/mol. The SMILES string of the molecule is Cc1cc(C)c2ccc(NC(=O)c3c(F)cccc3Cl)nc2n1. The molecule has 1 amide bonds. The molecule has 3 aromatic rings. The molecule has 0 aliphatic heterocycles. The molecule has 2 heterocycles. The number of benzene rings is 1. The number of pyridine rings is 2. The summed E-state index contributed by atoms with van der Waals surface area (Å²) in [4.78, 5) is 20.9. The summed E-state index contributed by atoms with van der Waals surface area (Å²) in [7, 11) is 0. The number of hydrogen-bond donors (Lipinski definition) is 1. The van der Waals surface area contributed by atoms with Crippen LogP contribution in [-0.2, 0) is 0 Å². The lowest BCUT2D eigenvalue weighted by Gasteiger charge is -2.09. The van der Waals surface area contributed by atoms with Crippen molar-refractivity contribution in [2.24, 2.45) is 0 Å². The van der Waals surface area contributed by atoms with E-state index in [0.29, 0.717) is 11.5 Å². The van der Waals surface area contributed by atoms with Crippen molar-refractivity contribution in [3.05, 3.63) is 64.1 Å². The summed E-state index contributed by atoms with van der Waals surface area (Å²) < 4.78 is 13.8. The van der Waals surface area contributed by atoms with E-state index in [4.69, 9.17) is 11.6 Å². The molecule has 3 rings (SSSR count). The normalized spacial score (nSPS) is 10.8. The molecule has 0 fully saturated rings. The Kier molecular flexibility index (Phi) is 3.96. The van der Waals surface area contributed by atoms with Gasteiger partial charge in [-0.3, -0.25) is 4.79 Å². The fraction of sp³-hybridized carbons (Fsp3) is 0.118. The number of carbonyl (C=O) groups excluding carboxylic acids is 1. The van der Waals surface area contributed by atoms with Crippen LogP contribution >= 0.6 is 11.6 Å². The lowest BCUT2D eigenvalue weighted by Crippen LogP contribution is -2.15. The van der Waals surface area contributed by atoms with Gasteiger partial charge in [-0.2, -0.15) is 0 Å². The molecule has 0 unspecified atom stereocenters. The number of carbonyl (C=O) groups is 1. The number of rotatable bonds is 2. The molecule has 1 aromatic carbocycles. The van der Waals surface area contributed by atoms with Crippen LogP contribution in [0.2, 0.25) is 5.02 Å². The zero-order chi connectivity index (χ0) is 16.6. The second-order valence-electron chi connectivity index (χ2n) is 5.20. The van der Waals surface area contributed by atoms with E-state index < -0.39 is 11.7 Å². The van der Waals surface area contributed by atoms with Crippen molar-refractivity contribution in [3.63, 3.8) is 0 Å². The van der Waals surface area contributed by atoms with Gasteiger partial charge in [0.05, 0.1) is 10.6 Å². The van der Waals surface area contributed by atoms with Crippen molar-refractivity contribution >= 4 is 34.4 Å². The van der Waals surface area contributed by atoms with E-state index in [1.54, 1.807) is 6.07 Å². The molecule has 0 saturated carbocycles. The van der Waals surface area contributed by atoms with Crippen molar-refractivity contribution in [3.8, 4) is 0 Å². The third kappa shape index (κ3) is 3.00. The molecule has 0 atom stereocenters. The summed E-state index contributed by atoms with van der Waals surface area (Å²) >= 11 is 5.89. The number of fused-ring (bicyclic) bond motifs is 1.